The highest BCUT2D eigenvalue weighted by molar-refractivity contribution is 7.89. The molecule has 0 N–H and O–H groups in total. The average molecular weight is 490 g/mol. The van der Waals surface area contributed by atoms with Crippen LogP contribution in [-0.2, 0) is 21.2 Å². The van der Waals surface area contributed by atoms with Crippen LogP contribution >= 0.6 is 0 Å². The Hall–Kier alpha value is -2.60. The number of rotatable bonds is 8. The van der Waals surface area contributed by atoms with E-state index in [0.29, 0.717) is 12.8 Å². The summed E-state index contributed by atoms with van der Waals surface area (Å²) in [6, 6.07) is 5.79. The number of nitrogens with zero attached hydrogens (tertiary/aromatic N) is 3. The van der Waals surface area contributed by atoms with Crippen LogP contribution in [0.1, 0.15) is 55.3 Å². The predicted octanol–water partition coefficient (Wildman–Crippen LogP) is 3.94. The zero-order valence-corrected chi connectivity index (χ0v) is 19.2. The van der Waals surface area contributed by atoms with Gasteiger partial charge in [-0.1, -0.05) is 13.3 Å². The van der Waals surface area contributed by atoms with E-state index in [1.807, 2.05) is 6.92 Å². The smallest absolute Gasteiger partial charge is 0.461 e. The molecule has 1 fully saturated rings. The second kappa shape index (κ2) is 10.1. The molecule has 0 aliphatic carbocycles. The zero-order chi connectivity index (χ0) is 24.2. The van der Waals surface area contributed by atoms with Crippen LogP contribution in [0.15, 0.2) is 35.2 Å². The highest BCUT2D eigenvalue weighted by Gasteiger charge is 2.33. The van der Waals surface area contributed by atoms with Crippen molar-refractivity contribution in [3.63, 3.8) is 0 Å². The highest BCUT2D eigenvalue weighted by Crippen LogP contribution is 2.30. The third-order valence-corrected chi connectivity index (χ3v) is 7.18. The van der Waals surface area contributed by atoms with Gasteiger partial charge in [0.25, 0.3) is 0 Å². The summed E-state index contributed by atoms with van der Waals surface area (Å²) < 4.78 is 74.8. The molecule has 0 radical (unpaired) electrons. The van der Waals surface area contributed by atoms with Crippen LogP contribution in [0.2, 0.25) is 0 Å². The summed E-state index contributed by atoms with van der Waals surface area (Å²) in [6.07, 6.45) is -2.31. The lowest BCUT2D eigenvalue weighted by molar-refractivity contribution is -0.274. The van der Waals surface area contributed by atoms with E-state index in [1.165, 1.54) is 4.31 Å². The van der Waals surface area contributed by atoms with Gasteiger partial charge in [-0.25, -0.2) is 13.2 Å². The summed E-state index contributed by atoms with van der Waals surface area (Å²) in [4.78, 5) is 12.0. The number of carbonyl (C=O) groups excluding carboxylic acids is 1. The molecule has 1 aliphatic heterocycles. The van der Waals surface area contributed by atoms with E-state index in [-0.39, 0.29) is 36.3 Å². The molecule has 2 heterocycles. The summed E-state index contributed by atoms with van der Waals surface area (Å²) in [6.45, 7) is 4.41. The lowest BCUT2D eigenvalue weighted by Crippen LogP contribution is -2.39. The van der Waals surface area contributed by atoms with Crippen molar-refractivity contribution in [2.24, 2.45) is 0 Å². The number of aryl methyl sites for hydroxylation is 1. The van der Waals surface area contributed by atoms with Gasteiger partial charge in [0.05, 0.1) is 17.5 Å². The maximum Gasteiger partial charge on any atom is 0.573 e. The van der Waals surface area contributed by atoms with Crippen LogP contribution in [0, 0.1) is 0 Å². The fourth-order valence-corrected chi connectivity index (χ4v) is 5.26. The Morgan fingerprint density at radius 2 is 1.79 bits per heavy atom. The predicted molar refractivity (Wildman–Crippen MR) is 112 cm³/mol. The minimum absolute atomic E-state index is 0.0799. The van der Waals surface area contributed by atoms with Crippen LogP contribution in [-0.4, -0.2) is 54.5 Å². The molecule has 0 unspecified atom stereocenters. The normalized spacial score (nSPS) is 16.0. The van der Waals surface area contributed by atoms with Crippen molar-refractivity contribution in [1.29, 1.82) is 0 Å². The third kappa shape index (κ3) is 6.05. The van der Waals surface area contributed by atoms with Gasteiger partial charge in [-0.3, -0.25) is 4.68 Å². The Morgan fingerprint density at radius 3 is 2.33 bits per heavy atom. The SMILES string of the molecule is CCCc1cc(C(=O)OCC)nn1C1CCN(S(=O)(=O)c2ccc(OC(F)(F)F)cc2)CC1. The van der Waals surface area contributed by atoms with Crippen LogP contribution in [0.4, 0.5) is 13.2 Å². The lowest BCUT2D eigenvalue weighted by Gasteiger charge is -2.32. The van der Waals surface area contributed by atoms with Crippen LogP contribution in [0.25, 0.3) is 0 Å². The number of esters is 1. The standard InChI is InChI=1S/C21H26F3N3O5S/c1-3-5-16-14-19(20(28)31-4-2)25-27(16)15-10-12-26(13-11-15)33(29,30)18-8-6-17(7-9-18)32-21(22,23)24/h6-9,14-15H,3-5,10-13H2,1-2H3. The minimum Gasteiger partial charge on any atom is -0.461 e. The number of piperidine rings is 1. The van der Waals surface area contributed by atoms with E-state index >= 15 is 0 Å². The van der Waals surface area contributed by atoms with Crippen molar-refractivity contribution in [2.75, 3.05) is 19.7 Å². The van der Waals surface area contributed by atoms with E-state index in [4.69, 9.17) is 4.74 Å². The van der Waals surface area contributed by atoms with Crippen molar-refractivity contribution >= 4 is 16.0 Å². The molecule has 3 rings (SSSR count). The summed E-state index contributed by atoms with van der Waals surface area (Å²) in [5.41, 5.74) is 1.12. The van der Waals surface area contributed by atoms with Gasteiger partial charge < -0.3 is 9.47 Å². The van der Waals surface area contributed by atoms with E-state index in [2.05, 4.69) is 9.84 Å². The van der Waals surface area contributed by atoms with E-state index in [0.717, 1.165) is 42.8 Å². The molecule has 182 valence electrons. The van der Waals surface area contributed by atoms with E-state index in [9.17, 15) is 26.4 Å². The second-order valence-electron chi connectivity index (χ2n) is 7.59. The van der Waals surface area contributed by atoms with Crippen molar-refractivity contribution in [3.8, 4) is 5.75 Å². The van der Waals surface area contributed by atoms with Crippen molar-refractivity contribution < 1.29 is 35.9 Å². The molecule has 1 saturated heterocycles. The molecule has 0 spiro atoms. The molecule has 2 aromatic rings. The number of halogens is 3. The van der Waals surface area contributed by atoms with Crippen LogP contribution in [0.5, 0.6) is 5.75 Å². The summed E-state index contributed by atoms with van der Waals surface area (Å²) >= 11 is 0. The summed E-state index contributed by atoms with van der Waals surface area (Å²) in [7, 11) is -3.87. The van der Waals surface area contributed by atoms with Gasteiger partial charge in [0.15, 0.2) is 5.69 Å². The zero-order valence-electron chi connectivity index (χ0n) is 18.3. The van der Waals surface area contributed by atoms with E-state index in [1.54, 1.807) is 17.7 Å². The summed E-state index contributed by atoms with van der Waals surface area (Å²) in [5, 5.41) is 4.42. The first-order valence-corrected chi connectivity index (χ1v) is 12.1. The van der Waals surface area contributed by atoms with Gasteiger partial charge in [-0.05, 0) is 56.5 Å². The fourth-order valence-electron chi connectivity index (χ4n) is 3.79. The number of carbonyl (C=O) groups is 1. The molecule has 8 nitrogen and oxygen atoms in total. The molecule has 0 amide bonds. The number of hydrogen-bond acceptors (Lipinski definition) is 6. The quantitative estimate of drug-likeness (QED) is 0.522. The monoisotopic (exact) mass is 489 g/mol. The second-order valence-corrected chi connectivity index (χ2v) is 9.53. The van der Waals surface area contributed by atoms with Gasteiger partial charge in [-0.15, -0.1) is 13.2 Å². The van der Waals surface area contributed by atoms with Crippen LogP contribution < -0.4 is 4.74 Å². The maximum absolute atomic E-state index is 12.9. The number of benzene rings is 1. The molecule has 1 aliphatic rings. The molecule has 1 aromatic heterocycles. The van der Waals surface area contributed by atoms with Gasteiger partial charge in [0.2, 0.25) is 10.0 Å². The number of ether oxygens (including phenoxy) is 2. The van der Waals surface area contributed by atoms with Crippen LogP contribution in [0.3, 0.4) is 0 Å². The number of hydrogen-bond donors (Lipinski definition) is 0. The molecule has 1 aromatic carbocycles. The molecular weight excluding hydrogens is 463 g/mol. The maximum atomic E-state index is 12.9. The van der Waals surface area contributed by atoms with Crippen molar-refractivity contribution in [1.82, 2.24) is 14.1 Å². The van der Waals surface area contributed by atoms with E-state index < -0.39 is 28.1 Å². The Kier molecular flexibility index (Phi) is 7.68. The highest BCUT2D eigenvalue weighted by atomic mass is 32.2. The molecule has 0 bridgehead atoms. The number of aromatic nitrogens is 2. The first kappa shape index (κ1) is 25.0. The first-order valence-electron chi connectivity index (χ1n) is 10.7. The average Bonchev–Trinajstić information content (AvgIpc) is 3.18. The molecule has 12 heteroatoms. The van der Waals surface area contributed by atoms with Gasteiger partial charge in [0.1, 0.15) is 5.75 Å². The number of sulfonamides is 1. The third-order valence-electron chi connectivity index (χ3n) is 5.27. The van der Waals surface area contributed by atoms with Gasteiger partial charge in [-0.2, -0.15) is 9.40 Å². The molecule has 0 atom stereocenters. The largest absolute Gasteiger partial charge is 0.573 e. The summed E-state index contributed by atoms with van der Waals surface area (Å²) in [5.74, 6) is -0.980. The Balaban J connectivity index is 1.71. The lowest BCUT2D eigenvalue weighted by atomic mass is 10.1. The van der Waals surface area contributed by atoms with Crippen molar-refractivity contribution in [2.45, 2.75) is 56.8 Å². The Morgan fingerprint density at radius 1 is 1.15 bits per heavy atom. The Bertz CT molecular complexity index is 1060. The van der Waals surface area contributed by atoms with Gasteiger partial charge >= 0.3 is 12.3 Å². The first-order chi connectivity index (χ1) is 15.5. The van der Waals surface area contributed by atoms with Crippen molar-refractivity contribution in [3.05, 3.63) is 41.7 Å². The minimum atomic E-state index is -4.85. The molecule has 33 heavy (non-hydrogen) atoms. The molecular formula is C21H26F3N3O5S. The fraction of sp³-hybridized carbons (Fsp3) is 0.524. The Labute approximate surface area is 190 Å². The molecule has 0 saturated carbocycles. The number of alkyl halides is 3. The van der Waals surface area contributed by atoms with Gasteiger partial charge in [0, 0.05) is 18.8 Å². The topological polar surface area (TPSA) is 90.7 Å².